The molecular weight excluding hydrogens is 250 g/mol. The lowest BCUT2D eigenvalue weighted by Crippen LogP contribution is -2.34. The van der Waals surface area contributed by atoms with Crippen LogP contribution in [0.5, 0.6) is 0 Å². The van der Waals surface area contributed by atoms with Gasteiger partial charge in [-0.15, -0.1) is 0 Å². The Hall–Kier alpha value is 0.430. The monoisotopic (exact) mass is 255 g/mol. The van der Waals surface area contributed by atoms with Crippen LogP contribution in [-0.2, 0) is 4.79 Å². The van der Waals surface area contributed by atoms with Crippen LogP contribution in [0, 0.1) is 0 Å². The number of amides is 1. The van der Waals surface area contributed by atoms with Gasteiger partial charge in [0.2, 0.25) is 5.91 Å². The first-order chi connectivity index (χ1) is 4.22. The highest BCUT2D eigenvalue weighted by atomic mass is 79.9. The number of halogens is 2. The van der Waals surface area contributed by atoms with Crippen molar-refractivity contribution in [2.24, 2.45) is 0 Å². The molecule has 1 unspecified atom stereocenters. The zero-order valence-corrected chi connectivity index (χ0v) is 7.98. The van der Waals surface area contributed by atoms with Crippen LogP contribution < -0.4 is 0 Å². The lowest BCUT2D eigenvalue weighted by Gasteiger charge is -2.23. The maximum Gasteiger partial charge on any atom is 0.246 e. The van der Waals surface area contributed by atoms with Crippen LogP contribution in [0.15, 0.2) is 0 Å². The van der Waals surface area contributed by atoms with Gasteiger partial charge in [-0.25, -0.2) is 0 Å². The van der Waals surface area contributed by atoms with E-state index in [9.17, 15) is 4.79 Å². The van der Waals surface area contributed by atoms with E-state index < -0.39 is 0 Å². The maximum atomic E-state index is 11.0. The standard InChI is InChI=1S/C5H7Br2NO/c6-4-2-1-3-8(7)5(4)9/h4H,1-3H2. The van der Waals surface area contributed by atoms with E-state index in [0.29, 0.717) is 0 Å². The molecule has 52 valence electrons. The second-order valence-electron chi connectivity index (χ2n) is 2.03. The number of alkyl halides is 1. The van der Waals surface area contributed by atoms with Crippen molar-refractivity contribution in [3.63, 3.8) is 0 Å². The number of hydrogen-bond acceptors (Lipinski definition) is 1. The zero-order chi connectivity index (χ0) is 6.85. The van der Waals surface area contributed by atoms with Crippen LogP contribution in [0.4, 0.5) is 0 Å². The average molecular weight is 257 g/mol. The molecule has 9 heavy (non-hydrogen) atoms. The van der Waals surface area contributed by atoms with Gasteiger partial charge in [-0.05, 0) is 12.8 Å². The molecule has 0 radical (unpaired) electrons. The predicted molar refractivity (Wildman–Crippen MR) is 42.6 cm³/mol. The second-order valence-corrected chi connectivity index (χ2v) is 4.00. The second kappa shape index (κ2) is 3.01. The molecule has 0 bridgehead atoms. The number of nitrogens with zero attached hydrogens (tertiary/aromatic N) is 1. The Balaban J connectivity index is 2.52. The van der Waals surface area contributed by atoms with Crippen LogP contribution in [0.2, 0.25) is 0 Å². The van der Waals surface area contributed by atoms with E-state index in [-0.39, 0.29) is 10.7 Å². The predicted octanol–water partition coefficient (Wildman–Crippen LogP) is 1.68. The van der Waals surface area contributed by atoms with Crippen LogP contribution in [-0.4, -0.2) is 21.2 Å². The summed E-state index contributed by atoms with van der Waals surface area (Å²) in [7, 11) is 0. The topological polar surface area (TPSA) is 20.3 Å². The lowest BCUT2D eigenvalue weighted by atomic mass is 10.2. The van der Waals surface area contributed by atoms with Gasteiger partial charge >= 0.3 is 0 Å². The van der Waals surface area contributed by atoms with E-state index in [4.69, 9.17) is 0 Å². The molecule has 0 aromatic rings. The Labute approximate surface area is 71.1 Å². The molecule has 0 aromatic carbocycles. The summed E-state index contributed by atoms with van der Waals surface area (Å²) < 4.78 is 1.58. The third-order valence-electron chi connectivity index (χ3n) is 1.32. The van der Waals surface area contributed by atoms with Gasteiger partial charge in [0.15, 0.2) is 0 Å². The summed E-state index contributed by atoms with van der Waals surface area (Å²) in [6, 6.07) is 0. The highest BCUT2D eigenvalue weighted by Gasteiger charge is 2.24. The largest absolute Gasteiger partial charge is 0.278 e. The summed E-state index contributed by atoms with van der Waals surface area (Å²) in [5.41, 5.74) is 0. The van der Waals surface area contributed by atoms with Crippen molar-refractivity contribution in [3.8, 4) is 0 Å². The minimum Gasteiger partial charge on any atom is -0.278 e. The molecule has 0 aliphatic carbocycles. The summed E-state index contributed by atoms with van der Waals surface area (Å²) in [6.07, 6.45) is 2.04. The summed E-state index contributed by atoms with van der Waals surface area (Å²) in [6.45, 7) is 0.834. The maximum absolute atomic E-state index is 11.0. The summed E-state index contributed by atoms with van der Waals surface area (Å²) >= 11 is 6.42. The first kappa shape index (κ1) is 7.54. The molecule has 1 fully saturated rings. The van der Waals surface area contributed by atoms with E-state index in [2.05, 4.69) is 32.1 Å². The van der Waals surface area contributed by atoms with E-state index in [1.165, 1.54) is 0 Å². The molecule has 1 aliphatic heterocycles. The Morgan fingerprint density at radius 1 is 1.67 bits per heavy atom. The van der Waals surface area contributed by atoms with Crippen molar-refractivity contribution in [3.05, 3.63) is 0 Å². The van der Waals surface area contributed by atoms with E-state index in [1.54, 1.807) is 3.93 Å². The van der Waals surface area contributed by atoms with Gasteiger partial charge in [-0.1, -0.05) is 15.9 Å². The quantitative estimate of drug-likeness (QED) is 0.477. The fourth-order valence-corrected chi connectivity index (χ4v) is 2.14. The summed E-state index contributed by atoms with van der Waals surface area (Å²) in [4.78, 5) is 11.0. The Morgan fingerprint density at radius 3 is 2.78 bits per heavy atom. The minimum absolute atomic E-state index is 0.0330. The molecule has 2 nitrogen and oxygen atoms in total. The lowest BCUT2D eigenvalue weighted by molar-refractivity contribution is -0.126. The molecular formula is C5H7Br2NO. The fraction of sp³-hybridized carbons (Fsp3) is 0.800. The van der Waals surface area contributed by atoms with E-state index in [0.717, 1.165) is 19.4 Å². The first-order valence-electron chi connectivity index (χ1n) is 2.83. The van der Waals surface area contributed by atoms with Crippen LogP contribution in [0.1, 0.15) is 12.8 Å². The number of carbonyl (C=O) groups is 1. The van der Waals surface area contributed by atoms with Crippen LogP contribution in [0.25, 0.3) is 0 Å². The molecule has 1 rings (SSSR count). The first-order valence-corrected chi connectivity index (χ1v) is 4.45. The molecule has 1 saturated heterocycles. The molecule has 0 saturated carbocycles. The van der Waals surface area contributed by atoms with Gasteiger partial charge in [-0.2, -0.15) is 0 Å². The summed E-state index contributed by atoms with van der Waals surface area (Å²) in [5.74, 6) is 0.140. The number of piperidine rings is 1. The van der Waals surface area contributed by atoms with Crippen molar-refractivity contribution in [1.82, 2.24) is 3.93 Å². The Morgan fingerprint density at radius 2 is 2.33 bits per heavy atom. The molecule has 0 aromatic heterocycles. The minimum atomic E-state index is 0.0330. The van der Waals surface area contributed by atoms with Crippen molar-refractivity contribution in [2.45, 2.75) is 17.7 Å². The van der Waals surface area contributed by atoms with Gasteiger partial charge in [0.25, 0.3) is 0 Å². The van der Waals surface area contributed by atoms with E-state index >= 15 is 0 Å². The molecule has 0 spiro atoms. The average Bonchev–Trinajstić information content (AvgIpc) is 1.83. The molecule has 4 heteroatoms. The van der Waals surface area contributed by atoms with Crippen LogP contribution >= 0.6 is 32.1 Å². The smallest absolute Gasteiger partial charge is 0.246 e. The highest BCUT2D eigenvalue weighted by Crippen LogP contribution is 2.20. The molecule has 1 aliphatic rings. The van der Waals surface area contributed by atoms with E-state index in [1.807, 2.05) is 0 Å². The third kappa shape index (κ3) is 1.67. The van der Waals surface area contributed by atoms with Gasteiger partial charge < -0.3 is 0 Å². The molecule has 1 atom stereocenters. The van der Waals surface area contributed by atoms with Gasteiger partial charge in [-0.3, -0.25) is 8.72 Å². The number of rotatable bonds is 0. The number of hydrogen-bond donors (Lipinski definition) is 0. The zero-order valence-electron chi connectivity index (χ0n) is 4.81. The molecule has 0 N–H and O–H groups in total. The third-order valence-corrected chi connectivity index (χ3v) is 2.87. The Bertz CT molecular complexity index is 116. The van der Waals surface area contributed by atoms with Crippen molar-refractivity contribution in [2.75, 3.05) is 6.54 Å². The SMILES string of the molecule is O=C1C(Br)CCCN1Br. The van der Waals surface area contributed by atoms with Gasteiger partial charge in [0.1, 0.15) is 0 Å². The normalized spacial score (nSPS) is 28.9. The van der Waals surface area contributed by atoms with Crippen molar-refractivity contribution < 1.29 is 4.79 Å². The van der Waals surface area contributed by atoms with Gasteiger partial charge in [0, 0.05) is 6.54 Å². The summed E-state index contributed by atoms with van der Waals surface area (Å²) in [5, 5.41) is 0. The molecule has 1 heterocycles. The van der Waals surface area contributed by atoms with Crippen molar-refractivity contribution >= 4 is 38.0 Å². The van der Waals surface area contributed by atoms with Gasteiger partial charge in [0.05, 0.1) is 21.0 Å². The highest BCUT2D eigenvalue weighted by molar-refractivity contribution is 9.10. The Kier molecular flexibility index (Phi) is 2.52. The fourth-order valence-electron chi connectivity index (χ4n) is 0.795. The number of carbonyl (C=O) groups excluding carboxylic acids is 1. The molecule has 1 amide bonds. The van der Waals surface area contributed by atoms with Crippen LogP contribution in [0.3, 0.4) is 0 Å². The van der Waals surface area contributed by atoms with Crippen molar-refractivity contribution in [1.29, 1.82) is 0 Å².